The van der Waals surface area contributed by atoms with Gasteiger partial charge in [-0.2, -0.15) is 5.10 Å². The van der Waals surface area contributed by atoms with E-state index in [1.54, 1.807) is 47.3 Å². The van der Waals surface area contributed by atoms with E-state index in [2.05, 4.69) is 20.4 Å². The molecule has 2 aromatic heterocycles. The number of aromatic nitrogens is 4. The lowest BCUT2D eigenvalue weighted by molar-refractivity contribution is 0.102. The molecule has 4 rings (SSSR count). The molecule has 4 aromatic rings. The summed E-state index contributed by atoms with van der Waals surface area (Å²) in [5.74, 6) is -0.964. The zero-order valence-electron chi connectivity index (χ0n) is 14.6. The van der Waals surface area contributed by atoms with Crippen molar-refractivity contribution >= 4 is 17.4 Å². The van der Waals surface area contributed by atoms with Crippen LogP contribution >= 0.6 is 0 Å². The summed E-state index contributed by atoms with van der Waals surface area (Å²) in [6.45, 7) is 0. The number of halogens is 1. The Balaban J connectivity index is 1.53. The van der Waals surface area contributed by atoms with E-state index in [1.165, 1.54) is 0 Å². The second-order valence-corrected chi connectivity index (χ2v) is 5.96. The number of nitrogen functional groups attached to an aromatic ring is 1. The van der Waals surface area contributed by atoms with Gasteiger partial charge >= 0.3 is 0 Å². The Morgan fingerprint density at radius 1 is 1.11 bits per heavy atom. The standard InChI is InChI=1S/C20H15FN6O/c21-17-12-23-19(26-18(17)22)13-3-1-4-14(11-13)20(28)25-15-5-7-16(8-6-15)27-10-2-9-24-27/h1-12H,(H,25,28)(H2,22,23,26). The third-order valence-electron chi connectivity index (χ3n) is 4.05. The lowest BCUT2D eigenvalue weighted by Gasteiger charge is -2.08. The van der Waals surface area contributed by atoms with Crippen molar-refractivity contribution in [1.82, 2.24) is 19.7 Å². The van der Waals surface area contributed by atoms with E-state index in [1.807, 2.05) is 24.4 Å². The molecule has 0 aliphatic rings. The maximum absolute atomic E-state index is 13.3. The summed E-state index contributed by atoms with van der Waals surface area (Å²) in [7, 11) is 0. The smallest absolute Gasteiger partial charge is 0.255 e. The molecule has 0 unspecified atom stereocenters. The molecular weight excluding hydrogens is 359 g/mol. The molecule has 0 aliphatic carbocycles. The number of nitrogens with zero attached hydrogens (tertiary/aromatic N) is 4. The number of nitrogens with one attached hydrogen (secondary N) is 1. The lowest BCUT2D eigenvalue weighted by Crippen LogP contribution is -2.12. The molecule has 7 nitrogen and oxygen atoms in total. The maximum Gasteiger partial charge on any atom is 0.255 e. The molecule has 1 amide bonds. The van der Waals surface area contributed by atoms with Gasteiger partial charge in [0.15, 0.2) is 17.5 Å². The predicted molar refractivity (Wildman–Crippen MR) is 103 cm³/mol. The predicted octanol–water partition coefficient (Wildman–Crippen LogP) is 3.30. The van der Waals surface area contributed by atoms with Gasteiger partial charge in [-0.05, 0) is 42.5 Å². The summed E-state index contributed by atoms with van der Waals surface area (Å²) >= 11 is 0. The highest BCUT2D eigenvalue weighted by atomic mass is 19.1. The minimum absolute atomic E-state index is 0.239. The van der Waals surface area contributed by atoms with Gasteiger partial charge in [-0.3, -0.25) is 4.79 Å². The van der Waals surface area contributed by atoms with Gasteiger partial charge < -0.3 is 11.1 Å². The van der Waals surface area contributed by atoms with E-state index < -0.39 is 5.82 Å². The quantitative estimate of drug-likeness (QED) is 0.571. The first-order valence-electron chi connectivity index (χ1n) is 8.40. The van der Waals surface area contributed by atoms with Crippen LogP contribution in [-0.2, 0) is 0 Å². The highest BCUT2D eigenvalue weighted by Crippen LogP contribution is 2.20. The van der Waals surface area contributed by atoms with Crippen LogP contribution in [-0.4, -0.2) is 25.7 Å². The van der Waals surface area contributed by atoms with Crippen molar-refractivity contribution in [3.63, 3.8) is 0 Å². The van der Waals surface area contributed by atoms with E-state index in [-0.39, 0.29) is 17.5 Å². The van der Waals surface area contributed by atoms with Gasteiger partial charge in [0.25, 0.3) is 5.91 Å². The molecule has 0 fully saturated rings. The van der Waals surface area contributed by atoms with Crippen molar-refractivity contribution < 1.29 is 9.18 Å². The Morgan fingerprint density at radius 3 is 2.64 bits per heavy atom. The van der Waals surface area contributed by atoms with E-state index >= 15 is 0 Å². The molecule has 138 valence electrons. The first kappa shape index (κ1) is 17.3. The second kappa shape index (κ2) is 7.28. The Morgan fingerprint density at radius 2 is 1.93 bits per heavy atom. The van der Waals surface area contributed by atoms with Crippen LogP contribution in [0.4, 0.5) is 15.9 Å². The average Bonchev–Trinajstić information content (AvgIpc) is 3.25. The monoisotopic (exact) mass is 374 g/mol. The Bertz CT molecular complexity index is 1130. The molecule has 0 saturated carbocycles. The van der Waals surface area contributed by atoms with Crippen molar-refractivity contribution in [1.29, 1.82) is 0 Å². The number of nitrogens with two attached hydrogens (primary N) is 1. The van der Waals surface area contributed by atoms with Crippen LogP contribution in [0, 0.1) is 5.82 Å². The number of rotatable bonds is 4. The van der Waals surface area contributed by atoms with Crippen LogP contribution in [0.2, 0.25) is 0 Å². The third kappa shape index (κ3) is 3.56. The van der Waals surface area contributed by atoms with Crippen LogP contribution < -0.4 is 11.1 Å². The van der Waals surface area contributed by atoms with Gasteiger partial charge in [0.2, 0.25) is 0 Å². The minimum Gasteiger partial charge on any atom is -0.381 e. The summed E-state index contributed by atoms with van der Waals surface area (Å²) in [4.78, 5) is 20.4. The maximum atomic E-state index is 13.3. The van der Waals surface area contributed by atoms with E-state index in [0.29, 0.717) is 16.8 Å². The molecule has 3 N–H and O–H groups in total. The van der Waals surface area contributed by atoms with Gasteiger partial charge in [-0.1, -0.05) is 12.1 Å². The number of carbonyl (C=O) groups is 1. The molecule has 0 atom stereocenters. The van der Waals surface area contributed by atoms with Crippen LogP contribution in [0.5, 0.6) is 0 Å². The number of hydrogen-bond donors (Lipinski definition) is 2. The van der Waals surface area contributed by atoms with Crippen molar-refractivity contribution in [2.75, 3.05) is 11.1 Å². The lowest BCUT2D eigenvalue weighted by atomic mass is 10.1. The number of anilines is 2. The SMILES string of the molecule is Nc1nc(-c2cccc(C(=O)Nc3ccc(-n4cccn4)cc3)c2)ncc1F. The second-order valence-electron chi connectivity index (χ2n) is 5.96. The molecule has 0 aliphatic heterocycles. The van der Waals surface area contributed by atoms with Gasteiger partial charge in [-0.25, -0.2) is 19.0 Å². The van der Waals surface area contributed by atoms with Crippen molar-refractivity contribution in [2.45, 2.75) is 0 Å². The Hall–Kier alpha value is -4.07. The Labute approximate surface area is 159 Å². The first-order chi connectivity index (χ1) is 13.6. The molecule has 0 radical (unpaired) electrons. The molecule has 0 bridgehead atoms. The molecule has 2 aromatic carbocycles. The zero-order valence-corrected chi connectivity index (χ0v) is 14.6. The molecular formula is C20H15FN6O. The van der Waals surface area contributed by atoms with E-state index in [4.69, 9.17) is 5.73 Å². The van der Waals surface area contributed by atoms with Crippen molar-refractivity contribution in [3.05, 3.63) is 84.6 Å². The van der Waals surface area contributed by atoms with E-state index in [0.717, 1.165) is 11.9 Å². The number of carbonyl (C=O) groups excluding carboxylic acids is 1. The summed E-state index contributed by atoms with van der Waals surface area (Å²) in [5, 5.41) is 7.00. The van der Waals surface area contributed by atoms with Gasteiger partial charge in [-0.15, -0.1) is 0 Å². The highest BCUT2D eigenvalue weighted by Gasteiger charge is 2.11. The normalized spacial score (nSPS) is 10.6. The number of amides is 1. The fourth-order valence-corrected chi connectivity index (χ4v) is 2.64. The minimum atomic E-state index is -0.684. The fourth-order valence-electron chi connectivity index (χ4n) is 2.64. The van der Waals surface area contributed by atoms with E-state index in [9.17, 15) is 9.18 Å². The summed E-state index contributed by atoms with van der Waals surface area (Å²) in [6.07, 6.45) is 4.54. The van der Waals surface area contributed by atoms with Crippen molar-refractivity contribution in [3.8, 4) is 17.1 Å². The fraction of sp³-hybridized carbons (Fsp3) is 0. The molecule has 28 heavy (non-hydrogen) atoms. The van der Waals surface area contributed by atoms with Crippen LogP contribution in [0.1, 0.15) is 10.4 Å². The number of hydrogen-bond acceptors (Lipinski definition) is 5. The Kier molecular flexibility index (Phi) is 4.51. The van der Waals surface area contributed by atoms with Gasteiger partial charge in [0.1, 0.15) is 0 Å². The van der Waals surface area contributed by atoms with Crippen molar-refractivity contribution in [2.24, 2.45) is 0 Å². The molecule has 0 spiro atoms. The summed E-state index contributed by atoms with van der Waals surface area (Å²) in [6, 6.07) is 15.9. The molecule has 2 heterocycles. The van der Waals surface area contributed by atoms with Crippen LogP contribution in [0.15, 0.2) is 73.2 Å². The first-order valence-corrected chi connectivity index (χ1v) is 8.40. The number of benzene rings is 2. The molecule has 0 saturated heterocycles. The van der Waals surface area contributed by atoms with Crippen LogP contribution in [0.3, 0.4) is 0 Å². The highest BCUT2D eigenvalue weighted by molar-refractivity contribution is 6.04. The summed E-state index contributed by atoms with van der Waals surface area (Å²) < 4.78 is 15.0. The van der Waals surface area contributed by atoms with Crippen LogP contribution in [0.25, 0.3) is 17.1 Å². The largest absolute Gasteiger partial charge is 0.381 e. The topological polar surface area (TPSA) is 98.7 Å². The van der Waals surface area contributed by atoms with Gasteiger partial charge in [0, 0.05) is 29.2 Å². The third-order valence-corrected chi connectivity index (χ3v) is 4.05. The average molecular weight is 374 g/mol. The zero-order chi connectivity index (χ0) is 19.5. The van der Waals surface area contributed by atoms with Gasteiger partial charge in [0.05, 0.1) is 11.9 Å². The molecule has 8 heteroatoms. The summed E-state index contributed by atoms with van der Waals surface area (Å²) in [5.41, 5.74) is 8.01.